The van der Waals surface area contributed by atoms with Crippen LogP contribution in [0.1, 0.15) is 43.5 Å². The number of hydrogen-bond donors (Lipinski definition) is 2. The fourth-order valence-corrected chi connectivity index (χ4v) is 2.51. The number of amides is 1. The quantitative estimate of drug-likeness (QED) is 0.623. The highest BCUT2D eigenvalue weighted by Gasteiger charge is 2.26. The zero-order valence-corrected chi connectivity index (χ0v) is 12.4. The van der Waals surface area contributed by atoms with Crippen molar-refractivity contribution in [1.29, 1.82) is 0 Å². The third-order valence-corrected chi connectivity index (χ3v) is 4.03. The minimum absolute atomic E-state index is 0.0510. The molecule has 6 heteroatoms. The van der Waals surface area contributed by atoms with Crippen LogP contribution >= 0.6 is 0 Å². The molecule has 1 fully saturated rings. The molecule has 0 radical (unpaired) electrons. The molecule has 0 aromatic heterocycles. The van der Waals surface area contributed by atoms with Crippen molar-refractivity contribution in [1.82, 2.24) is 5.32 Å². The van der Waals surface area contributed by atoms with Crippen LogP contribution in [0.4, 0.5) is 11.4 Å². The number of carbonyl (C=O) groups excluding carboxylic acids is 1. The lowest BCUT2D eigenvalue weighted by molar-refractivity contribution is -0.384. The van der Waals surface area contributed by atoms with Crippen molar-refractivity contribution in [3.05, 3.63) is 33.9 Å². The molecule has 2 N–H and O–H groups in total. The van der Waals surface area contributed by atoms with E-state index in [1.807, 2.05) is 13.8 Å². The summed E-state index contributed by atoms with van der Waals surface area (Å²) in [5.74, 6) is 0.284. The van der Waals surface area contributed by atoms with Gasteiger partial charge < -0.3 is 10.6 Å². The minimum atomic E-state index is -0.446. The molecule has 1 aromatic rings. The monoisotopic (exact) mass is 291 g/mol. The molecule has 0 saturated heterocycles. The van der Waals surface area contributed by atoms with E-state index in [1.54, 1.807) is 12.1 Å². The third kappa shape index (κ3) is 3.51. The van der Waals surface area contributed by atoms with Gasteiger partial charge in [0.05, 0.1) is 4.92 Å². The summed E-state index contributed by atoms with van der Waals surface area (Å²) in [5.41, 5.74) is 0.739. The molecule has 114 valence electrons. The number of carbonyl (C=O) groups is 1. The predicted octanol–water partition coefficient (Wildman–Crippen LogP) is 2.95. The Balaban J connectivity index is 2.20. The van der Waals surface area contributed by atoms with E-state index in [4.69, 9.17) is 0 Å². The molecule has 1 unspecified atom stereocenters. The topological polar surface area (TPSA) is 84.3 Å². The predicted molar refractivity (Wildman–Crippen MR) is 81.5 cm³/mol. The molecule has 6 nitrogen and oxygen atoms in total. The van der Waals surface area contributed by atoms with Crippen LogP contribution in [0.15, 0.2) is 18.2 Å². The highest BCUT2D eigenvalue weighted by Crippen LogP contribution is 2.33. The fourth-order valence-electron chi connectivity index (χ4n) is 2.51. The molecule has 1 aliphatic carbocycles. The SMILES string of the molecule is CCNC(=O)c1ccc(NC(C)C2CCC2)c([N+](=O)[O-])c1. The van der Waals surface area contributed by atoms with Gasteiger partial charge in [0.2, 0.25) is 0 Å². The van der Waals surface area contributed by atoms with E-state index in [0.29, 0.717) is 23.7 Å². The lowest BCUT2D eigenvalue weighted by Crippen LogP contribution is -2.31. The van der Waals surface area contributed by atoms with Gasteiger partial charge in [0.15, 0.2) is 0 Å². The lowest BCUT2D eigenvalue weighted by Gasteiger charge is -2.32. The molecule has 0 bridgehead atoms. The molecule has 21 heavy (non-hydrogen) atoms. The van der Waals surface area contributed by atoms with Gasteiger partial charge in [-0.25, -0.2) is 0 Å². The van der Waals surface area contributed by atoms with Crippen LogP contribution in [0.2, 0.25) is 0 Å². The van der Waals surface area contributed by atoms with E-state index in [2.05, 4.69) is 10.6 Å². The van der Waals surface area contributed by atoms with Crippen LogP contribution in [0.25, 0.3) is 0 Å². The number of benzene rings is 1. The molecular formula is C15H21N3O3. The Morgan fingerprint density at radius 2 is 2.19 bits per heavy atom. The van der Waals surface area contributed by atoms with Crippen molar-refractivity contribution >= 4 is 17.3 Å². The summed E-state index contributed by atoms with van der Waals surface area (Å²) in [5, 5.41) is 17.1. The molecule has 0 aliphatic heterocycles. The van der Waals surface area contributed by atoms with Gasteiger partial charge in [0, 0.05) is 24.2 Å². The van der Waals surface area contributed by atoms with E-state index in [9.17, 15) is 14.9 Å². The molecule has 2 rings (SSSR count). The molecule has 1 aliphatic rings. The Kier molecular flexibility index (Phi) is 4.77. The van der Waals surface area contributed by atoms with Crippen LogP contribution in [0.3, 0.4) is 0 Å². The fraction of sp³-hybridized carbons (Fsp3) is 0.533. The number of anilines is 1. The van der Waals surface area contributed by atoms with Gasteiger partial charge >= 0.3 is 0 Å². The van der Waals surface area contributed by atoms with Crippen molar-refractivity contribution in [3.8, 4) is 0 Å². The van der Waals surface area contributed by atoms with Gasteiger partial charge in [-0.05, 0) is 44.7 Å². The van der Waals surface area contributed by atoms with Crippen molar-refractivity contribution < 1.29 is 9.72 Å². The summed E-state index contributed by atoms with van der Waals surface area (Å²) >= 11 is 0. The average molecular weight is 291 g/mol. The van der Waals surface area contributed by atoms with Crippen LogP contribution in [0, 0.1) is 16.0 Å². The number of rotatable bonds is 6. The summed E-state index contributed by atoms with van der Waals surface area (Å²) in [6.45, 7) is 4.35. The Hall–Kier alpha value is -2.11. The maximum absolute atomic E-state index is 11.8. The second-order valence-electron chi connectivity index (χ2n) is 5.47. The van der Waals surface area contributed by atoms with Gasteiger partial charge in [-0.3, -0.25) is 14.9 Å². The number of nitro benzene ring substituents is 1. The second kappa shape index (κ2) is 6.56. The first-order chi connectivity index (χ1) is 10.0. The van der Waals surface area contributed by atoms with E-state index in [0.717, 1.165) is 0 Å². The summed E-state index contributed by atoms with van der Waals surface area (Å²) in [7, 11) is 0. The van der Waals surface area contributed by atoms with E-state index in [-0.39, 0.29) is 17.6 Å². The summed E-state index contributed by atoms with van der Waals surface area (Å²) in [6.07, 6.45) is 3.56. The standard InChI is InChI=1S/C15H21N3O3/c1-3-16-15(19)12-7-8-13(14(9-12)18(20)21)17-10(2)11-5-4-6-11/h7-11,17H,3-6H2,1-2H3,(H,16,19). The Bertz CT molecular complexity index is 541. The summed E-state index contributed by atoms with van der Waals surface area (Å²) in [6, 6.07) is 4.78. The van der Waals surface area contributed by atoms with Crippen LogP contribution in [-0.4, -0.2) is 23.4 Å². The van der Waals surface area contributed by atoms with Crippen LogP contribution in [-0.2, 0) is 0 Å². The van der Waals surface area contributed by atoms with E-state index >= 15 is 0 Å². The Morgan fingerprint density at radius 1 is 1.48 bits per heavy atom. The number of nitrogens with zero attached hydrogens (tertiary/aromatic N) is 1. The molecule has 1 aromatic carbocycles. The first kappa shape index (κ1) is 15.3. The maximum atomic E-state index is 11.8. The molecular weight excluding hydrogens is 270 g/mol. The molecule has 0 spiro atoms. The molecule has 1 atom stereocenters. The van der Waals surface area contributed by atoms with Crippen molar-refractivity contribution in [2.45, 2.75) is 39.2 Å². The normalized spacial score (nSPS) is 15.9. The number of nitro groups is 1. The Labute approximate surface area is 124 Å². The largest absolute Gasteiger partial charge is 0.377 e. The third-order valence-electron chi connectivity index (χ3n) is 4.03. The Morgan fingerprint density at radius 3 is 2.71 bits per heavy atom. The first-order valence-corrected chi connectivity index (χ1v) is 7.36. The summed E-state index contributed by atoms with van der Waals surface area (Å²) in [4.78, 5) is 22.5. The molecule has 1 amide bonds. The van der Waals surface area contributed by atoms with Gasteiger partial charge in [-0.15, -0.1) is 0 Å². The highest BCUT2D eigenvalue weighted by atomic mass is 16.6. The van der Waals surface area contributed by atoms with E-state index < -0.39 is 4.92 Å². The first-order valence-electron chi connectivity index (χ1n) is 7.36. The lowest BCUT2D eigenvalue weighted by atomic mass is 9.80. The highest BCUT2D eigenvalue weighted by molar-refractivity contribution is 5.95. The van der Waals surface area contributed by atoms with Gasteiger partial charge in [-0.1, -0.05) is 6.42 Å². The number of hydrogen-bond acceptors (Lipinski definition) is 4. The van der Waals surface area contributed by atoms with Gasteiger partial charge in [0.25, 0.3) is 11.6 Å². The maximum Gasteiger partial charge on any atom is 0.293 e. The van der Waals surface area contributed by atoms with E-state index in [1.165, 1.54) is 25.3 Å². The van der Waals surface area contributed by atoms with Crippen molar-refractivity contribution in [2.75, 3.05) is 11.9 Å². The van der Waals surface area contributed by atoms with Crippen molar-refractivity contribution in [2.24, 2.45) is 5.92 Å². The summed E-state index contributed by atoms with van der Waals surface area (Å²) < 4.78 is 0. The van der Waals surface area contributed by atoms with Crippen LogP contribution in [0.5, 0.6) is 0 Å². The molecule has 1 saturated carbocycles. The number of nitrogens with one attached hydrogen (secondary N) is 2. The second-order valence-corrected chi connectivity index (χ2v) is 5.47. The van der Waals surface area contributed by atoms with Crippen LogP contribution < -0.4 is 10.6 Å². The average Bonchev–Trinajstić information content (AvgIpc) is 2.36. The molecule has 0 heterocycles. The van der Waals surface area contributed by atoms with Crippen molar-refractivity contribution in [3.63, 3.8) is 0 Å². The smallest absolute Gasteiger partial charge is 0.293 e. The zero-order chi connectivity index (χ0) is 15.4. The van der Waals surface area contributed by atoms with Gasteiger partial charge in [-0.2, -0.15) is 0 Å². The minimum Gasteiger partial charge on any atom is -0.377 e. The van der Waals surface area contributed by atoms with Gasteiger partial charge in [0.1, 0.15) is 5.69 Å². The zero-order valence-electron chi connectivity index (χ0n) is 12.4.